The smallest absolute Gasteiger partial charge is 0.0640 e. The molecule has 2 aromatic heterocycles. The van der Waals surface area contributed by atoms with E-state index in [1.165, 1.54) is 89.6 Å². The largest absolute Gasteiger partial charge is 0.308 e. The Balaban J connectivity index is 1.25. The van der Waals surface area contributed by atoms with Crippen molar-refractivity contribution in [1.82, 2.24) is 0 Å². The Morgan fingerprint density at radius 1 is 0.350 bits per heavy atom. The lowest BCUT2D eigenvalue weighted by atomic mass is 9.83. The van der Waals surface area contributed by atoms with Crippen molar-refractivity contribution in [3.8, 4) is 0 Å². The predicted octanol–water partition coefficient (Wildman–Crippen LogP) is 17.6. The van der Waals surface area contributed by atoms with Crippen LogP contribution in [-0.4, -0.2) is 0 Å². The zero-order valence-corrected chi connectivity index (χ0v) is 35.2. The molecule has 0 bridgehead atoms. The second-order valence-corrected chi connectivity index (χ2v) is 19.0. The van der Waals surface area contributed by atoms with Gasteiger partial charge in [-0.05, 0) is 81.7 Å². The molecule has 60 heavy (non-hydrogen) atoms. The predicted molar refractivity (Wildman–Crippen MR) is 264 cm³/mol. The summed E-state index contributed by atoms with van der Waals surface area (Å²) in [5, 5.41) is 12.7. The highest BCUT2D eigenvalue weighted by Crippen LogP contribution is 2.53. The first-order valence-corrected chi connectivity index (χ1v) is 22.3. The number of anilines is 6. The lowest BCUT2D eigenvalue weighted by Gasteiger charge is -2.33. The summed E-state index contributed by atoms with van der Waals surface area (Å²) in [4.78, 5) is 5.05. The molecule has 0 N–H and O–H groups in total. The minimum Gasteiger partial charge on any atom is -0.308 e. The Kier molecular flexibility index (Phi) is 7.87. The van der Waals surface area contributed by atoms with Gasteiger partial charge in [0.05, 0.1) is 32.1 Å². The molecular formula is C56H40N2S2. The summed E-state index contributed by atoms with van der Waals surface area (Å²) in [6.07, 6.45) is 0. The Morgan fingerprint density at radius 3 is 1.25 bits per heavy atom. The standard InChI is InChI=1S/C56H40N2S2/c1-56(2,3)37-32-35-28-30-44-48(57(38-16-6-4-7-17-38)46-24-14-22-42-40-20-10-12-26-50(40)59-54(42)46)34-49(45-31-29-36(33-37)52(35)53(44)45)58(39-18-8-5-9-19-39)47-25-15-23-43-41-21-11-13-27-51(41)60-55(43)47/h4-34H,1-3H3. The number of fused-ring (bicyclic) bond motifs is 6. The van der Waals surface area contributed by atoms with Crippen LogP contribution in [0.15, 0.2) is 188 Å². The van der Waals surface area contributed by atoms with Crippen LogP contribution in [0.4, 0.5) is 34.1 Å². The highest BCUT2D eigenvalue weighted by molar-refractivity contribution is 7.26. The van der Waals surface area contributed by atoms with E-state index in [9.17, 15) is 0 Å². The Hall–Kier alpha value is -6.72. The minimum atomic E-state index is 0.0147. The molecule has 0 amide bonds. The quantitative estimate of drug-likeness (QED) is 0.155. The van der Waals surface area contributed by atoms with Crippen LogP contribution in [0, 0.1) is 0 Å². The van der Waals surface area contributed by atoms with E-state index in [-0.39, 0.29) is 5.41 Å². The van der Waals surface area contributed by atoms with Gasteiger partial charge in [-0.1, -0.05) is 154 Å². The summed E-state index contributed by atoms with van der Waals surface area (Å²) in [5.74, 6) is 0. The fourth-order valence-electron chi connectivity index (χ4n) is 9.47. The van der Waals surface area contributed by atoms with Crippen LogP contribution < -0.4 is 9.80 Å². The molecule has 12 rings (SSSR count). The first-order valence-electron chi connectivity index (χ1n) is 20.7. The Labute approximate surface area is 357 Å². The average molecular weight is 805 g/mol. The average Bonchev–Trinajstić information content (AvgIpc) is 3.86. The van der Waals surface area contributed by atoms with Crippen molar-refractivity contribution in [2.75, 3.05) is 9.80 Å². The van der Waals surface area contributed by atoms with E-state index < -0.39 is 0 Å². The molecule has 4 heteroatoms. The first-order chi connectivity index (χ1) is 29.4. The number of nitrogens with zero attached hydrogens (tertiary/aromatic N) is 2. The maximum atomic E-state index is 2.52. The highest BCUT2D eigenvalue weighted by atomic mass is 32.1. The van der Waals surface area contributed by atoms with Crippen LogP contribution in [0.3, 0.4) is 0 Å². The highest BCUT2D eigenvalue weighted by Gasteiger charge is 2.27. The van der Waals surface area contributed by atoms with Crippen molar-refractivity contribution < 1.29 is 0 Å². The van der Waals surface area contributed by atoms with Gasteiger partial charge in [-0.3, -0.25) is 0 Å². The van der Waals surface area contributed by atoms with E-state index in [0.29, 0.717) is 0 Å². The molecule has 0 aliphatic rings. The third-order valence-corrected chi connectivity index (χ3v) is 14.7. The van der Waals surface area contributed by atoms with Gasteiger partial charge >= 0.3 is 0 Å². The zero-order chi connectivity index (χ0) is 40.1. The van der Waals surface area contributed by atoms with Crippen LogP contribution in [-0.2, 0) is 5.41 Å². The normalized spacial score (nSPS) is 12.2. The fraction of sp³-hybridized carbons (Fsp3) is 0.0714. The lowest BCUT2D eigenvalue weighted by molar-refractivity contribution is 0.591. The van der Waals surface area contributed by atoms with Gasteiger partial charge in [-0.15, -0.1) is 22.7 Å². The monoisotopic (exact) mass is 804 g/mol. The summed E-state index contributed by atoms with van der Waals surface area (Å²) in [6, 6.07) is 70.0. The number of rotatable bonds is 6. The molecule has 0 spiro atoms. The summed E-state index contributed by atoms with van der Waals surface area (Å²) in [5.41, 5.74) is 8.24. The lowest BCUT2D eigenvalue weighted by Crippen LogP contribution is -2.15. The van der Waals surface area contributed by atoms with Gasteiger partial charge in [0.25, 0.3) is 0 Å². The van der Waals surface area contributed by atoms with Gasteiger partial charge in [0.15, 0.2) is 0 Å². The maximum Gasteiger partial charge on any atom is 0.0640 e. The van der Waals surface area contributed by atoms with Crippen LogP contribution in [0.25, 0.3) is 72.7 Å². The molecular weight excluding hydrogens is 765 g/mol. The number of hydrogen-bond donors (Lipinski definition) is 0. The molecule has 10 aromatic carbocycles. The molecule has 0 saturated carbocycles. The molecule has 12 aromatic rings. The van der Waals surface area contributed by atoms with E-state index in [4.69, 9.17) is 0 Å². The molecule has 0 atom stereocenters. The topological polar surface area (TPSA) is 6.48 Å². The fourth-order valence-corrected chi connectivity index (χ4v) is 11.9. The van der Waals surface area contributed by atoms with Crippen LogP contribution in [0.2, 0.25) is 0 Å². The molecule has 0 fully saturated rings. The van der Waals surface area contributed by atoms with Gasteiger partial charge in [-0.25, -0.2) is 0 Å². The number of thiophene rings is 2. The molecule has 0 aliphatic carbocycles. The van der Waals surface area contributed by atoms with Crippen molar-refractivity contribution in [1.29, 1.82) is 0 Å². The summed E-state index contributed by atoms with van der Waals surface area (Å²) < 4.78 is 5.15. The second-order valence-electron chi connectivity index (χ2n) is 16.9. The van der Waals surface area contributed by atoms with Gasteiger partial charge in [0.1, 0.15) is 0 Å². The van der Waals surface area contributed by atoms with Crippen LogP contribution in [0.1, 0.15) is 26.3 Å². The minimum absolute atomic E-state index is 0.0147. The van der Waals surface area contributed by atoms with Gasteiger partial charge < -0.3 is 9.80 Å². The maximum absolute atomic E-state index is 2.52. The van der Waals surface area contributed by atoms with Crippen LogP contribution >= 0.6 is 22.7 Å². The molecule has 0 radical (unpaired) electrons. The number of para-hydroxylation sites is 2. The molecule has 0 unspecified atom stereocenters. The summed E-state index contributed by atoms with van der Waals surface area (Å²) in [6.45, 7) is 6.94. The molecule has 0 aliphatic heterocycles. The molecule has 2 heterocycles. The van der Waals surface area contributed by atoms with E-state index in [1.807, 2.05) is 22.7 Å². The molecule has 286 valence electrons. The molecule has 0 saturated heterocycles. The van der Waals surface area contributed by atoms with Crippen LogP contribution in [0.5, 0.6) is 0 Å². The van der Waals surface area contributed by atoms with E-state index in [0.717, 1.165) is 22.7 Å². The number of hydrogen-bond acceptors (Lipinski definition) is 4. The summed E-state index contributed by atoms with van der Waals surface area (Å²) in [7, 11) is 0. The van der Waals surface area contributed by atoms with Gasteiger partial charge in [0.2, 0.25) is 0 Å². The first kappa shape index (κ1) is 35.2. The van der Waals surface area contributed by atoms with Gasteiger partial charge in [-0.2, -0.15) is 0 Å². The van der Waals surface area contributed by atoms with E-state index in [1.54, 1.807) is 0 Å². The Morgan fingerprint density at radius 2 is 0.783 bits per heavy atom. The third kappa shape index (κ3) is 5.38. The van der Waals surface area contributed by atoms with E-state index >= 15 is 0 Å². The van der Waals surface area contributed by atoms with Gasteiger partial charge in [0, 0.05) is 58.5 Å². The molecule has 2 nitrogen and oxygen atoms in total. The number of benzene rings is 10. The van der Waals surface area contributed by atoms with Crippen molar-refractivity contribution in [2.45, 2.75) is 26.2 Å². The van der Waals surface area contributed by atoms with Crippen molar-refractivity contribution in [2.24, 2.45) is 0 Å². The van der Waals surface area contributed by atoms with Crippen molar-refractivity contribution in [3.05, 3.63) is 194 Å². The summed E-state index contributed by atoms with van der Waals surface area (Å²) >= 11 is 3.76. The zero-order valence-electron chi connectivity index (χ0n) is 33.6. The second kappa shape index (κ2) is 13.4. The Bertz CT molecular complexity index is 3370. The SMILES string of the molecule is CC(C)(C)c1cc2ccc3c(N(c4ccccc4)c4cccc5c4sc4ccccc45)cc(N(c4ccccc4)c4cccc5c4sc4ccccc45)c4ccc(c1)c2c34. The van der Waals surface area contributed by atoms with E-state index in [2.05, 4.69) is 219 Å². The van der Waals surface area contributed by atoms with Crippen molar-refractivity contribution >= 4 is 129 Å². The third-order valence-electron chi connectivity index (χ3n) is 12.3. The van der Waals surface area contributed by atoms with Crippen molar-refractivity contribution in [3.63, 3.8) is 0 Å².